The normalized spacial score (nSPS) is 10.5. The standard InChI is InChI=1S/C9H10ClNO/c1-2-3-7-12-8-5-4-6-11-9(8)10/h2-6H,7H2,1H3/b3-2+. The van der Waals surface area contributed by atoms with E-state index < -0.39 is 0 Å². The molecule has 1 aromatic rings. The maximum atomic E-state index is 5.74. The summed E-state index contributed by atoms with van der Waals surface area (Å²) in [5.74, 6) is 0.622. The second kappa shape index (κ2) is 4.78. The molecule has 0 aromatic carbocycles. The molecule has 0 aliphatic heterocycles. The highest BCUT2D eigenvalue weighted by molar-refractivity contribution is 6.30. The molecule has 0 bridgehead atoms. The molecule has 64 valence electrons. The average molecular weight is 184 g/mol. The van der Waals surface area contributed by atoms with Gasteiger partial charge >= 0.3 is 0 Å². The summed E-state index contributed by atoms with van der Waals surface area (Å²) in [6.07, 6.45) is 5.46. The Morgan fingerprint density at radius 2 is 2.50 bits per heavy atom. The third kappa shape index (κ3) is 2.55. The molecule has 0 radical (unpaired) electrons. The van der Waals surface area contributed by atoms with Gasteiger partial charge in [-0.1, -0.05) is 23.8 Å². The minimum absolute atomic E-state index is 0.405. The molecule has 1 heterocycles. The Hall–Kier alpha value is -1.02. The third-order valence-electron chi connectivity index (χ3n) is 1.30. The zero-order chi connectivity index (χ0) is 8.81. The molecule has 0 atom stereocenters. The highest BCUT2D eigenvalue weighted by Crippen LogP contribution is 2.19. The predicted molar refractivity (Wildman–Crippen MR) is 49.6 cm³/mol. The van der Waals surface area contributed by atoms with Crippen LogP contribution in [0, 0.1) is 0 Å². The van der Waals surface area contributed by atoms with Gasteiger partial charge in [0.05, 0.1) is 0 Å². The van der Waals surface area contributed by atoms with Gasteiger partial charge in [-0.25, -0.2) is 4.98 Å². The highest BCUT2D eigenvalue weighted by atomic mass is 35.5. The van der Waals surface area contributed by atoms with Crippen LogP contribution in [0.3, 0.4) is 0 Å². The molecule has 3 heteroatoms. The summed E-state index contributed by atoms with van der Waals surface area (Å²) >= 11 is 5.74. The number of ether oxygens (including phenoxy) is 1. The molecule has 0 spiro atoms. The Morgan fingerprint density at radius 1 is 1.67 bits per heavy atom. The summed E-state index contributed by atoms with van der Waals surface area (Å²) in [6.45, 7) is 2.47. The Bertz CT molecular complexity index is 273. The smallest absolute Gasteiger partial charge is 0.171 e. The zero-order valence-corrected chi connectivity index (χ0v) is 7.58. The second-order valence-electron chi connectivity index (χ2n) is 2.17. The van der Waals surface area contributed by atoms with Crippen LogP contribution in [0.15, 0.2) is 30.5 Å². The van der Waals surface area contributed by atoms with Crippen molar-refractivity contribution in [3.05, 3.63) is 35.6 Å². The topological polar surface area (TPSA) is 22.1 Å². The molecule has 0 saturated heterocycles. The summed E-state index contributed by atoms with van der Waals surface area (Å²) in [6, 6.07) is 3.58. The van der Waals surface area contributed by atoms with Crippen molar-refractivity contribution in [1.82, 2.24) is 4.98 Å². The van der Waals surface area contributed by atoms with E-state index in [0.29, 0.717) is 17.5 Å². The van der Waals surface area contributed by atoms with Gasteiger partial charge in [0.1, 0.15) is 6.61 Å². The Balaban J connectivity index is 2.57. The molecule has 0 unspecified atom stereocenters. The summed E-state index contributed by atoms with van der Waals surface area (Å²) in [4.78, 5) is 3.87. The Morgan fingerprint density at radius 3 is 3.17 bits per heavy atom. The summed E-state index contributed by atoms with van der Waals surface area (Å²) in [5, 5.41) is 0.405. The second-order valence-corrected chi connectivity index (χ2v) is 2.53. The fourth-order valence-electron chi connectivity index (χ4n) is 0.713. The van der Waals surface area contributed by atoms with Crippen LogP contribution in [-0.2, 0) is 0 Å². The first-order valence-electron chi connectivity index (χ1n) is 3.69. The number of hydrogen-bond donors (Lipinski definition) is 0. The van der Waals surface area contributed by atoms with Crippen LogP contribution in [0.2, 0.25) is 5.15 Å². The Kier molecular flexibility index (Phi) is 3.61. The largest absolute Gasteiger partial charge is 0.486 e. The van der Waals surface area contributed by atoms with Gasteiger partial charge in [-0.15, -0.1) is 0 Å². The first-order valence-corrected chi connectivity index (χ1v) is 4.07. The Labute approximate surface area is 76.8 Å². The van der Waals surface area contributed by atoms with Gasteiger partial charge < -0.3 is 4.74 Å². The molecule has 0 fully saturated rings. The molecule has 2 nitrogen and oxygen atoms in total. The molecular formula is C9H10ClNO. The van der Waals surface area contributed by atoms with Gasteiger partial charge in [0.2, 0.25) is 0 Å². The van der Waals surface area contributed by atoms with Crippen molar-refractivity contribution in [2.24, 2.45) is 0 Å². The van der Waals surface area contributed by atoms with Crippen LogP contribution in [0.1, 0.15) is 6.92 Å². The maximum Gasteiger partial charge on any atom is 0.171 e. The van der Waals surface area contributed by atoms with Crippen molar-refractivity contribution in [3.63, 3.8) is 0 Å². The van der Waals surface area contributed by atoms with Gasteiger partial charge in [-0.3, -0.25) is 0 Å². The average Bonchev–Trinajstić information content (AvgIpc) is 2.09. The molecule has 0 aliphatic carbocycles. The fourth-order valence-corrected chi connectivity index (χ4v) is 0.887. The molecule has 0 amide bonds. The van der Waals surface area contributed by atoms with E-state index in [1.165, 1.54) is 0 Å². The number of hydrogen-bond acceptors (Lipinski definition) is 2. The molecule has 1 aromatic heterocycles. The summed E-state index contributed by atoms with van der Waals surface area (Å²) in [7, 11) is 0. The van der Waals surface area contributed by atoms with Crippen LogP contribution in [0.5, 0.6) is 5.75 Å². The lowest BCUT2D eigenvalue weighted by Gasteiger charge is -2.02. The van der Waals surface area contributed by atoms with Crippen LogP contribution in [0.25, 0.3) is 0 Å². The first-order chi connectivity index (χ1) is 5.84. The third-order valence-corrected chi connectivity index (χ3v) is 1.58. The number of aromatic nitrogens is 1. The van der Waals surface area contributed by atoms with Gasteiger partial charge in [0.15, 0.2) is 10.9 Å². The highest BCUT2D eigenvalue weighted by Gasteiger charge is 1.97. The number of halogens is 1. The van der Waals surface area contributed by atoms with Crippen LogP contribution in [0.4, 0.5) is 0 Å². The van der Waals surface area contributed by atoms with Gasteiger partial charge in [-0.05, 0) is 19.1 Å². The van der Waals surface area contributed by atoms with Gasteiger partial charge in [0.25, 0.3) is 0 Å². The minimum Gasteiger partial charge on any atom is -0.486 e. The summed E-state index contributed by atoms with van der Waals surface area (Å²) in [5.41, 5.74) is 0. The van der Waals surface area contributed by atoms with Crippen LogP contribution >= 0.6 is 11.6 Å². The lowest BCUT2D eigenvalue weighted by atomic mass is 10.4. The number of allylic oxidation sites excluding steroid dienone is 1. The molecule has 0 saturated carbocycles. The maximum absolute atomic E-state index is 5.74. The number of pyridine rings is 1. The van der Waals surface area contributed by atoms with Crippen molar-refractivity contribution >= 4 is 11.6 Å². The fraction of sp³-hybridized carbons (Fsp3) is 0.222. The lowest BCUT2D eigenvalue weighted by Crippen LogP contribution is -1.94. The van der Waals surface area contributed by atoms with Crippen molar-refractivity contribution in [2.45, 2.75) is 6.92 Å². The lowest BCUT2D eigenvalue weighted by molar-refractivity contribution is 0.361. The molecule has 1 rings (SSSR count). The molecule has 0 N–H and O–H groups in total. The van der Waals surface area contributed by atoms with E-state index in [1.54, 1.807) is 18.3 Å². The van der Waals surface area contributed by atoms with E-state index in [1.807, 2.05) is 19.1 Å². The van der Waals surface area contributed by atoms with Crippen molar-refractivity contribution < 1.29 is 4.74 Å². The van der Waals surface area contributed by atoms with E-state index >= 15 is 0 Å². The first kappa shape index (κ1) is 9.07. The molecule has 12 heavy (non-hydrogen) atoms. The summed E-state index contributed by atoms with van der Waals surface area (Å²) < 4.78 is 5.30. The van der Waals surface area contributed by atoms with Gasteiger partial charge in [-0.2, -0.15) is 0 Å². The number of nitrogens with zero attached hydrogens (tertiary/aromatic N) is 1. The quantitative estimate of drug-likeness (QED) is 0.531. The van der Waals surface area contributed by atoms with Crippen molar-refractivity contribution in [2.75, 3.05) is 6.61 Å². The van der Waals surface area contributed by atoms with E-state index in [4.69, 9.17) is 16.3 Å². The van der Waals surface area contributed by atoms with E-state index in [0.717, 1.165) is 0 Å². The predicted octanol–water partition coefficient (Wildman–Crippen LogP) is 2.69. The SMILES string of the molecule is C/C=C/COc1cccnc1Cl. The van der Waals surface area contributed by atoms with E-state index in [2.05, 4.69) is 4.98 Å². The zero-order valence-electron chi connectivity index (χ0n) is 6.83. The number of rotatable bonds is 3. The molecular weight excluding hydrogens is 174 g/mol. The van der Waals surface area contributed by atoms with E-state index in [9.17, 15) is 0 Å². The van der Waals surface area contributed by atoms with Crippen molar-refractivity contribution in [1.29, 1.82) is 0 Å². The minimum atomic E-state index is 0.405. The van der Waals surface area contributed by atoms with Crippen molar-refractivity contribution in [3.8, 4) is 5.75 Å². The molecule has 0 aliphatic rings. The van der Waals surface area contributed by atoms with E-state index in [-0.39, 0.29) is 0 Å². The van der Waals surface area contributed by atoms with Crippen LogP contribution < -0.4 is 4.74 Å². The van der Waals surface area contributed by atoms with Gasteiger partial charge in [0, 0.05) is 6.20 Å². The monoisotopic (exact) mass is 183 g/mol. The van der Waals surface area contributed by atoms with Crippen LogP contribution in [-0.4, -0.2) is 11.6 Å².